The summed E-state index contributed by atoms with van der Waals surface area (Å²) in [6.45, 7) is 6.95. The van der Waals surface area contributed by atoms with E-state index in [0.717, 1.165) is 13.1 Å². The van der Waals surface area contributed by atoms with E-state index in [-0.39, 0.29) is 28.7 Å². The average Bonchev–Trinajstić information content (AvgIpc) is 2.87. The van der Waals surface area contributed by atoms with Gasteiger partial charge in [0.1, 0.15) is 17.3 Å². The summed E-state index contributed by atoms with van der Waals surface area (Å²) >= 11 is 12.7. The first-order chi connectivity index (χ1) is 18.2. The van der Waals surface area contributed by atoms with E-state index < -0.39 is 0 Å². The number of aromatic nitrogens is 2. The zero-order chi connectivity index (χ0) is 27.4. The predicted molar refractivity (Wildman–Crippen MR) is 150 cm³/mol. The third-order valence-electron chi connectivity index (χ3n) is 6.20. The maximum absolute atomic E-state index is 13.0. The molecule has 2 aromatic heterocycles. The zero-order valence-electron chi connectivity index (χ0n) is 21.0. The largest absolute Gasteiger partial charge is 0.382 e. The zero-order valence-corrected chi connectivity index (χ0v) is 22.5. The van der Waals surface area contributed by atoms with Gasteiger partial charge in [0.25, 0.3) is 0 Å². The third-order valence-corrected chi connectivity index (χ3v) is 6.75. The number of nitrogen functional groups attached to an aromatic ring is 1. The number of nitrogens with one attached hydrogen (secondary N) is 2. The summed E-state index contributed by atoms with van der Waals surface area (Å²) in [7, 11) is 0. The Morgan fingerprint density at radius 2 is 1.87 bits per heavy atom. The summed E-state index contributed by atoms with van der Waals surface area (Å²) in [5.41, 5.74) is 7.69. The Balaban J connectivity index is 1.54. The molecule has 0 radical (unpaired) electrons. The van der Waals surface area contributed by atoms with Gasteiger partial charge in [-0.3, -0.25) is 20.1 Å². The molecule has 3 aromatic rings. The van der Waals surface area contributed by atoms with Gasteiger partial charge in [0.2, 0.25) is 5.91 Å². The fourth-order valence-corrected chi connectivity index (χ4v) is 4.67. The number of benzene rings is 1. The van der Waals surface area contributed by atoms with Crippen molar-refractivity contribution < 1.29 is 15.2 Å². The van der Waals surface area contributed by atoms with Gasteiger partial charge in [-0.05, 0) is 55.9 Å². The van der Waals surface area contributed by atoms with Gasteiger partial charge in [-0.2, -0.15) is 0 Å². The number of nitrogens with two attached hydrogens (primary N) is 1. The van der Waals surface area contributed by atoms with E-state index in [1.807, 2.05) is 26.0 Å². The van der Waals surface area contributed by atoms with E-state index in [2.05, 4.69) is 20.5 Å². The molecule has 11 nitrogen and oxygen atoms in total. The molecule has 0 bridgehead atoms. The van der Waals surface area contributed by atoms with Crippen LogP contribution in [0.15, 0.2) is 42.5 Å². The Morgan fingerprint density at radius 1 is 1.11 bits per heavy atom. The lowest BCUT2D eigenvalue weighted by atomic mass is 10.1. The van der Waals surface area contributed by atoms with Crippen LogP contribution in [0.25, 0.3) is 11.3 Å². The Labute approximate surface area is 230 Å². The second kappa shape index (κ2) is 12.0. The van der Waals surface area contributed by atoms with Crippen LogP contribution < -0.4 is 26.5 Å². The van der Waals surface area contributed by atoms with Crippen molar-refractivity contribution in [3.8, 4) is 11.3 Å². The van der Waals surface area contributed by atoms with Crippen LogP contribution in [0.2, 0.25) is 10.0 Å². The van der Waals surface area contributed by atoms with Crippen LogP contribution in [0.5, 0.6) is 0 Å². The van der Waals surface area contributed by atoms with Crippen LogP contribution in [0.4, 0.5) is 28.8 Å². The van der Waals surface area contributed by atoms with Gasteiger partial charge in [-0.1, -0.05) is 30.1 Å². The second-order valence-corrected chi connectivity index (χ2v) is 9.76. The Morgan fingerprint density at radius 3 is 2.53 bits per heavy atom. The molecule has 3 heterocycles. The lowest BCUT2D eigenvalue weighted by Crippen LogP contribution is -2.50. The number of hydrogen-bond donors (Lipinski definition) is 5. The molecule has 1 atom stereocenters. The highest BCUT2D eigenvalue weighted by atomic mass is 35.5. The number of carbonyl (C=O) groups excluding carboxylic acids is 1. The highest BCUT2D eigenvalue weighted by molar-refractivity contribution is 6.36. The van der Waals surface area contributed by atoms with E-state index in [9.17, 15) is 4.79 Å². The Hall–Kier alpha value is -3.35. The first-order valence-corrected chi connectivity index (χ1v) is 12.9. The first kappa shape index (κ1) is 27.7. The summed E-state index contributed by atoms with van der Waals surface area (Å²) in [5, 5.41) is 25.7. The van der Waals surface area contributed by atoms with Gasteiger partial charge in [0.05, 0.1) is 22.9 Å². The molecule has 38 heavy (non-hydrogen) atoms. The van der Waals surface area contributed by atoms with E-state index >= 15 is 0 Å². The van der Waals surface area contributed by atoms with Crippen LogP contribution in [0, 0.1) is 0 Å². The van der Waals surface area contributed by atoms with Gasteiger partial charge in [-0.15, -0.1) is 5.23 Å². The number of rotatable bonds is 9. The van der Waals surface area contributed by atoms with Crippen LogP contribution in [0.1, 0.15) is 13.8 Å². The molecule has 0 saturated carbocycles. The van der Waals surface area contributed by atoms with Crippen molar-refractivity contribution in [1.29, 1.82) is 0 Å². The maximum atomic E-state index is 13.0. The van der Waals surface area contributed by atoms with Crippen molar-refractivity contribution in [2.75, 3.05) is 59.2 Å². The van der Waals surface area contributed by atoms with Crippen molar-refractivity contribution in [1.82, 2.24) is 14.9 Å². The van der Waals surface area contributed by atoms with Gasteiger partial charge >= 0.3 is 0 Å². The quantitative estimate of drug-likeness (QED) is 0.241. The number of piperazine rings is 1. The van der Waals surface area contributed by atoms with Gasteiger partial charge in [0, 0.05) is 36.3 Å². The van der Waals surface area contributed by atoms with Gasteiger partial charge < -0.3 is 21.3 Å². The normalized spacial score (nSPS) is 14.9. The van der Waals surface area contributed by atoms with Gasteiger partial charge in [0.15, 0.2) is 5.82 Å². The molecule has 1 saturated heterocycles. The molecular formula is C25H30Cl2N8O3. The van der Waals surface area contributed by atoms with Crippen LogP contribution in [-0.2, 0) is 4.79 Å². The summed E-state index contributed by atoms with van der Waals surface area (Å²) < 4.78 is 0. The van der Waals surface area contributed by atoms with E-state index in [4.69, 9.17) is 44.3 Å². The molecule has 1 unspecified atom stereocenters. The van der Waals surface area contributed by atoms with Crippen molar-refractivity contribution >= 4 is 57.9 Å². The fraction of sp³-hybridized carbons (Fsp3) is 0.320. The summed E-state index contributed by atoms with van der Waals surface area (Å²) in [5.74, 6) is 1.05. The van der Waals surface area contributed by atoms with Crippen molar-refractivity contribution in [3.63, 3.8) is 0 Å². The van der Waals surface area contributed by atoms with Gasteiger partial charge in [-0.25, -0.2) is 9.97 Å². The molecular weight excluding hydrogens is 531 g/mol. The molecule has 13 heteroatoms. The third kappa shape index (κ3) is 6.37. The molecule has 0 aliphatic carbocycles. The monoisotopic (exact) mass is 560 g/mol. The number of anilines is 5. The molecule has 1 aromatic carbocycles. The molecule has 6 N–H and O–H groups in total. The Bertz CT molecular complexity index is 1310. The second-order valence-electron chi connectivity index (χ2n) is 8.92. The standard InChI is InChI=1S/C25H30Cl2N8O3/c1-3-33-10-11-34(23(36)14-33)19-6-8-21(31-24(19)17-5-4-16(26)12-18(17)27)29-13-15(2)30-22-9-7-20(35(37)38)25(28)32-22/h4-9,12,15,37-38H,3,10-11,13-14H2,1-2H3,(H,29,31)(H3,28,30,32). The SMILES string of the molecule is CCN1CCN(c2ccc(NCC(C)Nc3ccc(N(O)O)c(N)n3)nc2-c2ccc(Cl)cc2Cl)C(=O)C1. The predicted octanol–water partition coefficient (Wildman–Crippen LogP) is 4.20. The fourth-order valence-electron chi connectivity index (χ4n) is 4.17. The number of halogens is 2. The molecule has 1 aliphatic heterocycles. The highest BCUT2D eigenvalue weighted by Gasteiger charge is 2.27. The molecule has 1 fully saturated rings. The van der Waals surface area contributed by atoms with Crippen LogP contribution >= 0.6 is 23.2 Å². The van der Waals surface area contributed by atoms with Crippen molar-refractivity contribution in [3.05, 3.63) is 52.5 Å². The van der Waals surface area contributed by atoms with E-state index in [1.165, 1.54) is 6.07 Å². The molecule has 1 amide bonds. The topological polar surface area (TPSA) is 143 Å². The lowest BCUT2D eigenvalue weighted by molar-refractivity contribution is -0.121. The summed E-state index contributed by atoms with van der Waals surface area (Å²) in [4.78, 5) is 25.8. The van der Waals surface area contributed by atoms with Crippen LogP contribution in [0.3, 0.4) is 0 Å². The molecule has 0 spiro atoms. The number of pyridine rings is 2. The minimum atomic E-state index is -0.0974. The number of carbonyl (C=O) groups is 1. The maximum Gasteiger partial charge on any atom is 0.241 e. The van der Waals surface area contributed by atoms with Crippen molar-refractivity contribution in [2.24, 2.45) is 0 Å². The van der Waals surface area contributed by atoms with E-state index in [0.29, 0.717) is 58.3 Å². The van der Waals surface area contributed by atoms with Crippen molar-refractivity contribution in [2.45, 2.75) is 19.9 Å². The smallest absolute Gasteiger partial charge is 0.241 e. The first-order valence-electron chi connectivity index (χ1n) is 12.1. The molecule has 202 valence electrons. The summed E-state index contributed by atoms with van der Waals surface area (Å²) in [6.07, 6.45) is 0. The molecule has 1 aliphatic rings. The minimum absolute atomic E-state index is 0.00748. The number of amides is 1. The number of hydrogen-bond acceptors (Lipinski definition) is 10. The average molecular weight is 561 g/mol. The van der Waals surface area contributed by atoms with E-state index in [1.54, 1.807) is 29.2 Å². The Kier molecular flexibility index (Phi) is 8.75. The minimum Gasteiger partial charge on any atom is -0.382 e. The lowest BCUT2D eigenvalue weighted by Gasteiger charge is -2.34. The molecule has 4 rings (SSSR count). The van der Waals surface area contributed by atoms with Crippen LogP contribution in [-0.4, -0.2) is 70.0 Å². The summed E-state index contributed by atoms with van der Waals surface area (Å²) in [6, 6.07) is 11.8. The highest BCUT2D eigenvalue weighted by Crippen LogP contribution is 2.37. The number of nitrogens with zero attached hydrogens (tertiary/aromatic N) is 5. The number of likely N-dealkylation sites (N-methyl/N-ethyl adjacent to an activating group) is 1.